The Morgan fingerprint density at radius 2 is 1.87 bits per heavy atom. The molecule has 0 amide bonds. The van der Waals surface area contributed by atoms with Crippen LogP contribution in [0.25, 0.3) is 0 Å². The van der Waals surface area contributed by atoms with Crippen LogP contribution >= 0.6 is 0 Å². The van der Waals surface area contributed by atoms with Gasteiger partial charge in [-0.1, -0.05) is 19.9 Å². The lowest BCUT2D eigenvalue weighted by atomic mass is 9.82. The second-order valence-electron chi connectivity index (χ2n) is 13.1. The van der Waals surface area contributed by atoms with E-state index < -0.39 is 29.4 Å². The van der Waals surface area contributed by atoms with Gasteiger partial charge in [-0.05, 0) is 85.3 Å². The van der Waals surface area contributed by atoms with Crippen LogP contribution in [0.4, 0.5) is 5.69 Å². The first-order valence-electron chi connectivity index (χ1n) is 14.3. The summed E-state index contributed by atoms with van der Waals surface area (Å²) in [4.78, 5) is 25.3. The largest absolute Gasteiger partial charge is 0.461 e. The third-order valence-corrected chi connectivity index (χ3v) is 7.14. The fourth-order valence-corrected chi connectivity index (χ4v) is 4.82. The Hall–Kier alpha value is -2.29. The number of aryl methyl sites for hydroxylation is 1. The van der Waals surface area contributed by atoms with E-state index in [2.05, 4.69) is 29.8 Å². The van der Waals surface area contributed by atoms with Crippen LogP contribution < -0.4 is 4.90 Å². The molecule has 4 unspecified atom stereocenters. The van der Waals surface area contributed by atoms with Crippen molar-refractivity contribution in [1.29, 1.82) is 0 Å². The zero-order valence-corrected chi connectivity index (χ0v) is 25.4. The van der Waals surface area contributed by atoms with Gasteiger partial charge in [-0.2, -0.15) is 0 Å². The maximum atomic E-state index is 13.3. The van der Waals surface area contributed by atoms with Crippen LogP contribution in [0, 0.1) is 12.3 Å². The third kappa shape index (κ3) is 8.60. The first-order chi connectivity index (χ1) is 18.1. The van der Waals surface area contributed by atoms with Gasteiger partial charge in [0.2, 0.25) is 0 Å². The highest BCUT2D eigenvalue weighted by Crippen LogP contribution is 2.38. The molecule has 3 rings (SSSR count). The van der Waals surface area contributed by atoms with Gasteiger partial charge >= 0.3 is 5.97 Å². The molecule has 1 saturated heterocycles. The molecular formula is C31H49N3O5. The molecule has 2 aliphatic heterocycles. The molecule has 3 heterocycles. The average molecular weight is 544 g/mol. The van der Waals surface area contributed by atoms with E-state index in [-0.39, 0.29) is 18.8 Å². The number of hydrogen-bond donors (Lipinski definition) is 1. The molecular weight excluding hydrogens is 494 g/mol. The zero-order valence-electron chi connectivity index (χ0n) is 25.4. The lowest BCUT2D eigenvalue weighted by Crippen LogP contribution is -2.55. The lowest BCUT2D eigenvalue weighted by molar-refractivity contribution is -0.189. The highest BCUT2D eigenvalue weighted by Gasteiger charge is 2.47. The first kappa shape index (κ1) is 31.2. The summed E-state index contributed by atoms with van der Waals surface area (Å²) in [5.74, 6) is -0.514. The molecule has 2 aliphatic rings. The van der Waals surface area contributed by atoms with Crippen LogP contribution in [-0.4, -0.2) is 71.5 Å². The Labute approximate surface area is 234 Å². The van der Waals surface area contributed by atoms with E-state index >= 15 is 0 Å². The van der Waals surface area contributed by atoms with E-state index in [1.807, 2.05) is 59.9 Å². The van der Waals surface area contributed by atoms with E-state index in [4.69, 9.17) is 19.2 Å². The van der Waals surface area contributed by atoms with Crippen LogP contribution in [0.3, 0.4) is 0 Å². The Kier molecular flexibility index (Phi) is 10.00. The van der Waals surface area contributed by atoms with Gasteiger partial charge < -0.3 is 24.2 Å². The number of carbonyl (C=O) groups excluding carboxylic acids is 1. The minimum Gasteiger partial charge on any atom is -0.461 e. The van der Waals surface area contributed by atoms with Gasteiger partial charge in [-0.3, -0.25) is 9.98 Å². The molecule has 1 fully saturated rings. The summed E-state index contributed by atoms with van der Waals surface area (Å²) in [5.41, 5.74) is 1.55. The van der Waals surface area contributed by atoms with Crippen LogP contribution in [-0.2, 0) is 19.0 Å². The Morgan fingerprint density at radius 3 is 2.41 bits per heavy atom. The normalized spacial score (nSPS) is 24.6. The monoisotopic (exact) mass is 543 g/mol. The average Bonchev–Trinajstić information content (AvgIpc) is 2.82. The van der Waals surface area contributed by atoms with Crippen molar-refractivity contribution >= 4 is 17.9 Å². The summed E-state index contributed by atoms with van der Waals surface area (Å²) >= 11 is 0. The summed E-state index contributed by atoms with van der Waals surface area (Å²) in [6.45, 7) is 19.9. The summed E-state index contributed by atoms with van der Waals surface area (Å²) in [7, 11) is 0. The molecule has 0 aromatic carbocycles. The Bertz CT molecular complexity index is 1020. The second kappa shape index (κ2) is 12.5. The number of aliphatic hydroxyl groups excluding tert-OH is 1. The van der Waals surface area contributed by atoms with E-state index in [0.29, 0.717) is 11.8 Å². The van der Waals surface area contributed by atoms with Gasteiger partial charge in [0.15, 0.2) is 11.7 Å². The van der Waals surface area contributed by atoms with E-state index in [1.54, 1.807) is 13.1 Å². The predicted molar refractivity (Wildman–Crippen MR) is 155 cm³/mol. The number of piperidine rings is 1. The molecule has 8 nitrogen and oxygen atoms in total. The number of ether oxygens (including phenoxy) is 3. The maximum absolute atomic E-state index is 13.3. The molecule has 4 atom stereocenters. The number of nitrogens with zero attached hydrogens (tertiary/aromatic N) is 3. The number of dihydropyridines is 1. The van der Waals surface area contributed by atoms with Crippen molar-refractivity contribution in [3.05, 3.63) is 35.7 Å². The van der Waals surface area contributed by atoms with Crippen LogP contribution in [0.2, 0.25) is 0 Å². The third-order valence-electron chi connectivity index (χ3n) is 7.14. The van der Waals surface area contributed by atoms with Crippen molar-refractivity contribution in [3.8, 4) is 0 Å². The van der Waals surface area contributed by atoms with Crippen molar-refractivity contribution in [3.63, 3.8) is 0 Å². The van der Waals surface area contributed by atoms with Crippen molar-refractivity contribution in [1.82, 2.24) is 4.98 Å². The zero-order chi connectivity index (χ0) is 29.0. The fraction of sp³-hybridized carbons (Fsp3) is 0.710. The van der Waals surface area contributed by atoms with Gasteiger partial charge in [0.25, 0.3) is 0 Å². The quantitative estimate of drug-likeness (QED) is 0.314. The van der Waals surface area contributed by atoms with Gasteiger partial charge in [-0.15, -0.1) is 0 Å². The van der Waals surface area contributed by atoms with Gasteiger partial charge in [0.1, 0.15) is 0 Å². The maximum Gasteiger partial charge on any atom is 0.339 e. The molecule has 0 radical (unpaired) electrons. The van der Waals surface area contributed by atoms with E-state index in [9.17, 15) is 9.90 Å². The highest BCUT2D eigenvalue weighted by atomic mass is 16.6. The number of aliphatic hydroxyl groups is 1. The molecule has 0 aliphatic carbocycles. The summed E-state index contributed by atoms with van der Waals surface area (Å²) < 4.78 is 18.2. The number of aromatic nitrogens is 1. The summed E-state index contributed by atoms with van der Waals surface area (Å²) in [5, 5.41) is 9.85. The van der Waals surface area contributed by atoms with Crippen molar-refractivity contribution in [2.24, 2.45) is 10.4 Å². The van der Waals surface area contributed by atoms with Gasteiger partial charge in [-0.25, -0.2) is 4.79 Å². The summed E-state index contributed by atoms with van der Waals surface area (Å²) in [6, 6.07) is 1.86. The minimum absolute atomic E-state index is 0.221. The molecule has 1 N–H and O–H groups in total. The molecule has 0 spiro atoms. The Morgan fingerprint density at radius 1 is 1.21 bits per heavy atom. The molecule has 39 heavy (non-hydrogen) atoms. The molecule has 218 valence electrons. The minimum atomic E-state index is -1.28. The van der Waals surface area contributed by atoms with Crippen LogP contribution in [0.15, 0.2) is 29.4 Å². The topological polar surface area (TPSA) is 93.5 Å². The van der Waals surface area contributed by atoms with Crippen molar-refractivity contribution in [2.75, 3.05) is 24.6 Å². The molecule has 1 aromatic heterocycles. The number of esters is 1. The van der Waals surface area contributed by atoms with Crippen LogP contribution in [0.5, 0.6) is 0 Å². The number of anilines is 1. The molecule has 1 aromatic rings. The number of rotatable bonds is 10. The van der Waals surface area contributed by atoms with Gasteiger partial charge in [0.05, 0.1) is 30.5 Å². The van der Waals surface area contributed by atoms with Crippen molar-refractivity contribution in [2.45, 2.75) is 117 Å². The SMILES string of the molecule is Cc1cc(N2CCC(C)(C)CC2)c(C2C=CC(OCCC(C)O)(C(OC(C)(C)C)C(=O)OC(C)C)C=N2)cn1. The lowest BCUT2D eigenvalue weighted by Gasteiger charge is -2.40. The highest BCUT2D eigenvalue weighted by molar-refractivity contribution is 5.87. The second-order valence-corrected chi connectivity index (χ2v) is 13.1. The van der Waals surface area contributed by atoms with E-state index in [1.165, 1.54) is 0 Å². The molecule has 0 saturated carbocycles. The number of aliphatic imine (C=N–C) groups is 1. The van der Waals surface area contributed by atoms with Crippen molar-refractivity contribution < 1.29 is 24.1 Å². The smallest absolute Gasteiger partial charge is 0.339 e. The first-order valence-corrected chi connectivity index (χ1v) is 14.3. The van der Waals surface area contributed by atoms with E-state index in [0.717, 1.165) is 42.9 Å². The predicted octanol–water partition coefficient (Wildman–Crippen LogP) is 5.36. The molecule has 0 bridgehead atoms. The number of carbonyl (C=O) groups is 1. The summed E-state index contributed by atoms with van der Waals surface area (Å²) in [6.07, 6.45) is 8.16. The number of hydrogen-bond acceptors (Lipinski definition) is 8. The number of pyridine rings is 1. The fourth-order valence-electron chi connectivity index (χ4n) is 4.82. The Balaban J connectivity index is 1.97. The van der Waals surface area contributed by atoms with Crippen LogP contribution in [0.1, 0.15) is 92.0 Å². The van der Waals surface area contributed by atoms with Gasteiger partial charge in [0, 0.05) is 42.4 Å². The standard InChI is InChI=1S/C31H49N3O5/c1-21(2)38-28(36)27(39-29(5,6)7)31(37-17-11-23(4)35)12-10-25(33-20-31)24-19-32-22(3)18-26(24)34-15-13-30(8,9)14-16-34/h10,12,18-21,23,25,27,35H,11,13-17H2,1-9H3. The molecule has 8 heteroatoms.